The lowest BCUT2D eigenvalue weighted by atomic mass is 10.4. The predicted molar refractivity (Wildman–Crippen MR) is 91.5 cm³/mol. The molecule has 2 nitrogen and oxygen atoms in total. The summed E-state index contributed by atoms with van der Waals surface area (Å²) in [6.07, 6.45) is 0.190. The SMILES string of the molecule is CC(C)O[P+](OC(C)C)(c1ccccc1)c1ccccc1. The Labute approximate surface area is 128 Å². The second kappa shape index (κ2) is 7.17. The van der Waals surface area contributed by atoms with Crippen LogP contribution in [0.25, 0.3) is 0 Å². The average Bonchev–Trinajstić information content (AvgIpc) is 2.47. The summed E-state index contributed by atoms with van der Waals surface area (Å²) in [5.41, 5.74) is 0. The lowest BCUT2D eigenvalue weighted by molar-refractivity contribution is 0.174. The molecule has 0 aromatic heterocycles. The van der Waals surface area contributed by atoms with E-state index in [1.807, 2.05) is 36.4 Å². The van der Waals surface area contributed by atoms with Crippen molar-refractivity contribution in [1.82, 2.24) is 0 Å². The first kappa shape index (κ1) is 16.2. The Balaban J connectivity index is 2.59. The van der Waals surface area contributed by atoms with Crippen LogP contribution in [-0.4, -0.2) is 12.2 Å². The fraction of sp³-hybridized carbons (Fsp3) is 0.333. The summed E-state index contributed by atoms with van der Waals surface area (Å²) in [7, 11) is -2.31. The van der Waals surface area contributed by atoms with E-state index in [9.17, 15) is 0 Å². The van der Waals surface area contributed by atoms with Crippen molar-refractivity contribution in [3.63, 3.8) is 0 Å². The number of benzene rings is 2. The van der Waals surface area contributed by atoms with Crippen LogP contribution in [-0.2, 0) is 9.05 Å². The number of rotatable bonds is 6. The smallest absolute Gasteiger partial charge is 0.193 e. The highest BCUT2D eigenvalue weighted by atomic mass is 31.2. The third-order valence-corrected chi connectivity index (χ3v) is 6.30. The van der Waals surface area contributed by atoms with E-state index >= 15 is 0 Å². The fourth-order valence-corrected chi connectivity index (χ4v) is 5.41. The molecule has 0 spiro atoms. The van der Waals surface area contributed by atoms with Gasteiger partial charge in [-0.3, -0.25) is 0 Å². The van der Waals surface area contributed by atoms with E-state index in [1.165, 1.54) is 0 Å². The van der Waals surface area contributed by atoms with Crippen LogP contribution < -0.4 is 10.6 Å². The second-order valence-electron chi connectivity index (χ2n) is 5.53. The Morgan fingerprint density at radius 1 is 0.619 bits per heavy atom. The fourth-order valence-electron chi connectivity index (χ4n) is 2.26. The van der Waals surface area contributed by atoms with Gasteiger partial charge in [0.1, 0.15) is 12.2 Å². The molecule has 0 saturated heterocycles. The lowest BCUT2D eigenvalue weighted by Gasteiger charge is -2.27. The molecule has 3 heteroatoms. The largest absolute Gasteiger partial charge is 0.340 e. The van der Waals surface area contributed by atoms with Gasteiger partial charge < -0.3 is 0 Å². The topological polar surface area (TPSA) is 18.5 Å². The van der Waals surface area contributed by atoms with Crippen LogP contribution in [0.1, 0.15) is 27.7 Å². The van der Waals surface area contributed by atoms with Gasteiger partial charge in [0.05, 0.1) is 0 Å². The molecule has 0 saturated carbocycles. The quantitative estimate of drug-likeness (QED) is 0.739. The monoisotopic (exact) mass is 303 g/mol. The molecule has 0 amide bonds. The zero-order chi connectivity index (χ0) is 15.3. The Kier molecular flexibility index (Phi) is 5.52. The van der Waals surface area contributed by atoms with Gasteiger partial charge in [-0.05, 0) is 52.0 Å². The minimum Gasteiger partial charge on any atom is -0.193 e. The van der Waals surface area contributed by atoms with Crippen LogP contribution >= 0.6 is 7.72 Å². The minimum atomic E-state index is -2.31. The minimum absolute atomic E-state index is 0.0949. The van der Waals surface area contributed by atoms with Gasteiger partial charge in [-0.1, -0.05) is 36.4 Å². The van der Waals surface area contributed by atoms with Crippen molar-refractivity contribution in [3.8, 4) is 0 Å². The molecular weight excluding hydrogens is 279 g/mol. The Bertz CT molecular complexity index is 486. The van der Waals surface area contributed by atoms with Crippen molar-refractivity contribution in [1.29, 1.82) is 0 Å². The molecule has 0 bridgehead atoms. The van der Waals surface area contributed by atoms with Crippen LogP contribution in [0.2, 0.25) is 0 Å². The molecule has 0 aliphatic heterocycles. The average molecular weight is 303 g/mol. The van der Waals surface area contributed by atoms with Crippen LogP contribution in [0, 0.1) is 0 Å². The van der Waals surface area contributed by atoms with Crippen molar-refractivity contribution in [2.75, 3.05) is 0 Å². The van der Waals surface area contributed by atoms with E-state index < -0.39 is 7.72 Å². The van der Waals surface area contributed by atoms with E-state index in [2.05, 4.69) is 52.0 Å². The summed E-state index contributed by atoms with van der Waals surface area (Å²) in [4.78, 5) is 0. The molecule has 2 aromatic carbocycles. The molecule has 0 unspecified atom stereocenters. The van der Waals surface area contributed by atoms with E-state index in [0.717, 1.165) is 10.6 Å². The lowest BCUT2D eigenvalue weighted by Crippen LogP contribution is -2.30. The third-order valence-electron chi connectivity index (χ3n) is 2.91. The van der Waals surface area contributed by atoms with Crippen molar-refractivity contribution in [2.45, 2.75) is 39.9 Å². The molecule has 0 aliphatic carbocycles. The first-order chi connectivity index (χ1) is 10.0. The summed E-state index contributed by atoms with van der Waals surface area (Å²) < 4.78 is 12.8. The third kappa shape index (κ3) is 3.91. The van der Waals surface area contributed by atoms with Gasteiger partial charge in [-0.25, -0.2) is 0 Å². The zero-order valence-electron chi connectivity index (χ0n) is 13.2. The van der Waals surface area contributed by atoms with E-state index in [4.69, 9.17) is 9.05 Å². The molecule has 21 heavy (non-hydrogen) atoms. The maximum atomic E-state index is 6.41. The maximum absolute atomic E-state index is 6.41. The van der Waals surface area contributed by atoms with Gasteiger partial charge >= 0.3 is 7.72 Å². The predicted octanol–water partition coefficient (Wildman–Crippen LogP) is 4.34. The van der Waals surface area contributed by atoms with Gasteiger partial charge in [-0.15, -0.1) is 0 Å². The normalized spacial score (nSPS) is 12.1. The van der Waals surface area contributed by atoms with Gasteiger partial charge in [0.2, 0.25) is 0 Å². The van der Waals surface area contributed by atoms with Crippen LogP contribution in [0.5, 0.6) is 0 Å². The van der Waals surface area contributed by atoms with Crippen LogP contribution in [0.4, 0.5) is 0 Å². The molecular formula is C18H24O2P+. The van der Waals surface area contributed by atoms with Crippen molar-refractivity contribution in [3.05, 3.63) is 60.7 Å². The van der Waals surface area contributed by atoms with Crippen molar-refractivity contribution >= 4 is 18.3 Å². The Hall–Kier alpha value is -1.21. The van der Waals surface area contributed by atoms with Crippen LogP contribution in [0.15, 0.2) is 60.7 Å². The molecule has 0 atom stereocenters. The molecule has 2 aromatic rings. The van der Waals surface area contributed by atoms with Gasteiger partial charge in [0.15, 0.2) is 10.6 Å². The molecule has 0 fully saturated rings. The summed E-state index contributed by atoms with van der Waals surface area (Å²) in [6.45, 7) is 8.24. The number of hydrogen-bond donors (Lipinski definition) is 0. The maximum Gasteiger partial charge on any atom is 0.340 e. The molecule has 0 radical (unpaired) electrons. The van der Waals surface area contributed by atoms with Crippen molar-refractivity contribution in [2.24, 2.45) is 0 Å². The van der Waals surface area contributed by atoms with Gasteiger partial charge in [0.25, 0.3) is 0 Å². The summed E-state index contributed by atoms with van der Waals surface area (Å²) in [5, 5.41) is 2.25. The van der Waals surface area contributed by atoms with Gasteiger partial charge in [-0.2, -0.15) is 9.05 Å². The van der Waals surface area contributed by atoms with E-state index in [0.29, 0.717) is 0 Å². The van der Waals surface area contributed by atoms with E-state index in [-0.39, 0.29) is 12.2 Å². The summed E-state index contributed by atoms with van der Waals surface area (Å²) >= 11 is 0. The van der Waals surface area contributed by atoms with E-state index in [1.54, 1.807) is 0 Å². The molecule has 112 valence electrons. The van der Waals surface area contributed by atoms with Crippen molar-refractivity contribution < 1.29 is 9.05 Å². The first-order valence-corrected chi connectivity index (χ1v) is 9.04. The molecule has 0 heterocycles. The second-order valence-corrected chi connectivity index (χ2v) is 8.09. The Morgan fingerprint density at radius 2 is 0.952 bits per heavy atom. The Morgan fingerprint density at radius 3 is 1.24 bits per heavy atom. The van der Waals surface area contributed by atoms with Gasteiger partial charge in [0, 0.05) is 0 Å². The number of hydrogen-bond acceptors (Lipinski definition) is 2. The summed E-state index contributed by atoms with van der Waals surface area (Å²) in [6, 6.07) is 20.6. The summed E-state index contributed by atoms with van der Waals surface area (Å²) in [5.74, 6) is 0. The highest BCUT2D eigenvalue weighted by molar-refractivity contribution is 7.81. The highest BCUT2D eigenvalue weighted by Gasteiger charge is 2.49. The standard InChI is InChI=1S/C18H24O2P/c1-15(2)19-21(20-16(3)4,17-11-7-5-8-12-17)18-13-9-6-10-14-18/h5-16H,1-4H3/q+1. The molecule has 0 aliphatic rings. The first-order valence-electron chi connectivity index (χ1n) is 7.41. The zero-order valence-corrected chi connectivity index (χ0v) is 14.1. The highest BCUT2D eigenvalue weighted by Crippen LogP contribution is 2.60. The molecule has 0 N–H and O–H groups in total. The van der Waals surface area contributed by atoms with Crippen LogP contribution in [0.3, 0.4) is 0 Å². The molecule has 2 rings (SSSR count).